The third-order valence-electron chi connectivity index (χ3n) is 3.33. The Hall–Kier alpha value is -1.31. The van der Waals surface area contributed by atoms with Crippen molar-refractivity contribution in [2.45, 2.75) is 19.9 Å². The maximum absolute atomic E-state index is 5.91. The molecule has 0 N–H and O–H groups in total. The van der Waals surface area contributed by atoms with Gasteiger partial charge in [-0.2, -0.15) is 0 Å². The van der Waals surface area contributed by atoms with Crippen LogP contribution in [-0.4, -0.2) is 18.0 Å². The minimum atomic E-state index is 0.802. The minimum absolute atomic E-state index is 0.802. The number of halogens is 1. The summed E-state index contributed by atoms with van der Waals surface area (Å²) in [5.74, 6) is 0. The lowest BCUT2D eigenvalue weighted by molar-refractivity contribution is 0.283. The Bertz CT molecular complexity index is 478. The molecule has 0 aliphatic heterocycles. The first-order valence-electron chi connectivity index (χ1n) is 6.78. The smallest absolute Gasteiger partial charge is 0.0406 e. The summed E-state index contributed by atoms with van der Waals surface area (Å²) in [7, 11) is 0. The van der Waals surface area contributed by atoms with Crippen LogP contribution in [0.15, 0.2) is 54.6 Å². The number of likely N-dealkylation sites (N-methyl/N-ethyl adjacent to an activating group) is 1. The van der Waals surface area contributed by atoms with Gasteiger partial charge in [-0.25, -0.2) is 0 Å². The SMILES string of the molecule is CCN(CCc1ccccc1)Cc1ccc(Cl)cc1. The van der Waals surface area contributed by atoms with E-state index in [0.717, 1.165) is 31.1 Å². The van der Waals surface area contributed by atoms with Crippen LogP contribution in [0.5, 0.6) is 0 Å². The quantitative estimate of drug-likeness (QED) is 0.754. The molecule has 1 nitrogen and oxygen atoms in total. The van der Waals surface area contributed by atoms with Crippen molar-refractivity contribution in [2.75, 3.05) is 13.1 Å². The van der Waals surface area contributed by atoms with E-state index < -0.39 is 0 Å². The highest BCUT2D eigenvalue weighted by Crippen LogP contribution is 2.12. The Morgan fingerprint density at radius 3 is 2.21 bits per heavy atom. The van der Waals surface area contributed by atoms with Gasteiger partial charge in [0.05, 0.1) is 0 Å². The molecule has 2 rings (SSSR count). The molecule has 0 amide bonds. The number of hydrogen-bond acceptors (Lipinski definition) is 1. The van der Waals surface area contributed by atoms with Crippen LogP contribution >= 0.6 is 11.6 Å². The molecule has 0 heterocycles. The van der Waals surface area contributed by atoms with Crippen molar-refractivity contribution in [3.05, 3.63) is 70.7 Å². The van der Waals surface area contributed by atoms with Gasteiger partial charge >= 0.3 is 0 Å². The summed E-state index contributed by atoms with van der Waals surface area (Å²) < 4.78 is 0. The van der Waals surface area contributed by atoms with E-state index in [0.29, 0.717) is 0 Å². The first-order chi connectivity index (χ1) is 9.28. The molecule has 0 aliphatic rings. The van der Waals surface area contributed by atoms with Gasteiger partial charge < -0.3 is 0 Å². The van der Waals surface area contributed by atoms with Crippen molar-refractivity contribution in [1.82, 2.24) is 4.90 Å². The maximum Gasteiger partial charge on any atom is 0.0406 e. The fourth-order valence-corrected chi connectivity index (χ4v) is 2.25. The van der Waals surface area contributed by atoms with Crippen molar-refractivity contribution in [1.29, 1.82) is 0 Å². The van der Waals surface area contributed by atoms with Gasteiger partial charge in [0.2, 0.25) is 0 Å². The molecule has 0 aliphatic carbocycles. The van der Waals surface area contributed by atoms with Gasteiger partial charge in [-0.15, -0.1) is 0 Å². The van der Waals surface area contributed by atoms with Crippen LogP contribution in [0.2, 0.25) is 5.02 Å². The van der Waals surface area contributed by atoms with Crippen LogP contribution in [0.3, 0.4) is 0 Å². The molecule has 2 heteroatoms. The topological polar surface area (TPSA) is 3.24 Å². The van der Waals surface area contributed by atoms with Crippen LogP contribution in [-0.2, 0) is 13.0 Å². The third-order valence-corrected chi connectivity index (χ3v) is 3.58. The fourth-order valence-electron chi connectivity index (χ4n) is 2.13. The summed E-state index contributed by atoms with van der Waals surface area (Å²) in [6.45, 7) is 5.35. The van der Waals surface area contributed by atoms with Gasteiger partial charge in [-0.1, -0.05) is 61.0 Å². The minimum Gasteiger partial charge on any atom is -0.299 e. The lowest BCUT2D eigenvalue weighted by atomic mass is 10.1. The highest BCUT2D eigenvalue weighted by Gasteiger charge is 2.04. The average Bonchev–Trinajstić information content (AvgIpc) is 2.46. The molecule has 0 radical (unpaired) electrons. The van der Waals surface area contributed by atoms with E-state index in [1.54, 1.807) is 0 Å². The highest BCUT2D eigenvalue weighted by molar-refractivity contribution is 6.30. The van der Waals surface area contributed by atoms with Gasteiger partial charge in [0, 0.05) is 18.1 Å². The van der Waals surface area contributed by atoms with Gasteiger partial charge in [0.15, 0.2) is 0 Å². The molecular weight excluding hydrogens is 254 g/mol. The van der Waals surface area contributed by atoms with E-state index in [1.165, 1.54) is 11.1 Å². The van der Waals surface area contributed by atoms with Crippen LogP contribution in [0.25, 0.3) is 0 Å². The van der Waals surface area contributed by atoms with E-state index in [-0.39, 0.29) is 0 Å². The van der Waals surface area contributed by atoms with Crippen LogP contribution in [0.1, 0.15) is 18.1 Å². The van der Waals surface area contributed by atoms with E-state index in [2.05, 4.69) is 54.3 Å². The number of benzene rings is 2. The zero-order chi connectivity index (χ0) is 13.5. The zero-order valence-corrected chi connectivity index (χ0v) is 12.1. The summed E-state index contributed by atoms with van der Waals surface area (Å²) in [6.07, 6.45) is 1.10. The molecular formula is C17H20ClN. The van der Waals surface area contributed by atoms with E-state index in [1.807, 2.05) is 12.1 Å². The maximum atomic E-state index is 5.91. The molecule has 0 saturated carbocycles. The predicted molar refractivity (Wildman–Crippen MR) is 82.5 cm³/mol. The summed E-state index contributed by atoms with van der Waals surface area (Å²) in [6, 6.07) is 18.8. The first-order valence-corrected chi connectivity index (χ1v) is 7.16. The van der Waals surface area contributed by atoms with Crippen molar-refractivity contribution >= 4 is 11.6 Å². The summed E-state index contributed by atoms with van der Waals surface area (Å²) >= 11 is 5.91. The summed E-state index contributed by atoms with van der Waals surface area (Å²) in [5.41, 5.74) is 2.72. The molecule has 0 aromatic heterocycles. The summed E-state index contributed by atoms with van der Waals surface area (Å²) in [4.78, 5) is 2.45. The lowest BCUT2D eigenvalue weighted by Gasteiger charge is -2.20. The summed E-state index contributed by atoms with van der Waals surface area (Å²) in [5, 5.41) is 0.802. The molecule has 0 bridgehead atoms. The Morgan fingerprint density at radius 2 is 1.58 bits per heavy atom. The van der Waals surface area contributed by atoms with Gasteiger partial charge in [-0.05, 0) is 36.2 Å². The molecule has 2 aromatic rings. The second-order valence-corrected chi connectivity index (χ2v) is 5.17. The first kappa shape index (κ1) is 14.1. The van der Waals surface area contributed by atoms with Crippen molar-refractivity contribution in [2.24, 2.45) is 0 Å². The van der Waals surface area contributed by atoms with Gasteiger partial charge in [-0.3, -0.25) is 4.90 Å². The van der Waals surface area contributed by atoms with Gasteiger partial charge in [0.25, 0.3) is 0 Å². The average molecular weight is 274 g/mol. The Kier molecular flexibility index (Phi) is 5.44. The second kappa shape index (κ2) is 7.32. The monoisotopic (exact) mass is 273 g/mol. The lowest BCUT2D eigenvalue weighted by Crippen LogP contribution is -2.25. The number of nitrogens with zero attached hydrogens (tertiary/aromatic N) is 1. The molecule has 0 spiro atoms. The van der Waals surface area contributed by atoms with Crippen molar-refractivity contribution in [3.63, 3.8) is 0 Å². The Balaban J connectivity index is 1.88. The molecule has 19 heavy (non-hydrogen) atoms. The van der Waals surface area contributed by atoms with E-state index in [4.69, 9.17) is 11.6 Å². The number of hydrogen-bond donors (Lipinski definition) is 0. The molecule has 0 saturated heterocycles. The predicted octanol–water partition coefficient (Wildman–Crippen LogP) is 4.40. The molecule has 0 unspecified atom stereocenters. The molecule has 0 fully saturated rings. The van der Waals surface area contributed by atoms with Crippen LogP contribution < -0.4 is 0 Å². The highest BCUT2D eigenvalue weighted by atomic mass is 35.5. The zero-order valence-electron chi connectivity index (χ0n) is 11.3. The molecule has 2 aromatic carbocycles. The largest absolute Gasteiger partial charge is 0.299 e. The van der Waals surface area contributed by atoms with Crippen molar-refractivity contribution < 1.29 is 0 Å². The second-order valence-electron chi connectivity index (χ2n) is 4.73. The Labute approximate surface area is 120 Å². The molecule has 100 valence electrons. The standard InChI is InChI=1S/C17H20ClN/c1-2-19(13-12-15-6-4-3-5-7-15)14-16-8-10-17(18)11-9-16/h3-11H,2,12-14H2,1H3. The fraction of sp³-hybridized carbons (Fsp3) is 0.294. The molecule has 0 atom stereocenters. The van der Waals surface area contributed by atoms with Crippen LogP contribution in [0, 0.1) is 0 Å². The van der Waals surface area contributed by atoms with Crippen molar-refractivity contribution in [3.8, 4) is 0 Å². The van der Waals surface area contributed by atoms with Gasteiger partial charge in [0.1, 0.15) is 0 Å². The number of rotatable bonds is 6. The van der Waals surface area contributed by atoms with E-state index in [9.17, 15) is 0 Å². The van der Waals surface area contributed by atoms with Crippen LogP contribution in [0.4, 0.5) is 0 Å². The third kappa shape index (κ3) is 4.70. The van der Waals surface area contributed by atoms with E-state index >= 15 is 0 Å². The normalized spacial score (nSPS) is 10.9. The Morgan fingerprint density at radius 1 is 0.895 bits per heavy atom.